The third kappa shape index (κ3) is 5.54. The summed E-state index contributed by atoms with van der Waals surface area (Å²) in [5, 5.41) is 12.6. The minimum Gasteiger partial charge on any atom is -0.394 e. The van der Waals surface area contributed by atoms with E-state index in [1.54, 1.807) is 7.11 Å². The quantitative estimate of drug-likeness (QED) is 0.581. The lowest BCUT2D eigenvalue weighted by Crippen LogP contribution is -2.53. The molecule has 1 atom stereocenters. The largest absolute Gasteiger partial charge is 0.394 e. The monoisotopic (exact) mass is 204 g/mol. The van der Waals surface area contributed by atoms with Gasteiger partial charge in [0.1, 0.15) is 0 Å². The average Bonchev–Trinajstić information content (AvgIpc) is 2.15. The Balaban J connectivity index is 3.89. The lowest BCUT2D eigenvalue weighted by Gasteiger charge is -2.32. The number of aliphatic hydroxyl groups excluding tert-OH is 1. The maximum Gasteiger partial charge on any atom is 0.0623 e. The molecule has 0 aromatic rings. The molecule has 0 aliphatic carbocycles. The van der Waals surface area contributed by atoms with Gasteiger partial charge in [-0.25, -0.2) is 0 Å². The normalized spacial score (nSPS) is 15.9. The maximum absolute atomic E-state index is 9.27. The fourth-order valence-electron chi connectivity index (χ4n) is 1.51. The third-order valence-corrected chi connectivity index (χ3v) is 2.25. The number of rotatable bonds is 8. The van der Waals surface area contributed by atoms with Crippen LogP contribution in [0.15, 0.2) is 0 Å². The van der Waals surface area contributed by atoms with Crippen LogP contribution in [-0.2, 0) is 4.74 Å². The SMILES string of the molecule is CCNC(C)(CO)CN(C)CCOC. The van der Waals surface area contributed by atoms with Crippen LogP contribution in [-0.4, -0.2) is 62.6 Å². The Morgan fingerprint density at radius 3 is 2.57 bits per heavy atom. The summed E-state index contributed by atoms with van der Waals surface area (Å²) in [4.78, 5) is 2.16. The molecule has 0 spiro atoms. The predicted molar refractivity (Wildman–Crippen MR) is 58.5 cm³/mol. The van der Waals surface area contributed by atoms with Crippen molar-refractivity contribution in [2.75, 3.05) is 47.0 Å². The van der Waals surface area contributed by atoms with Gasteiger partial charge in [0.25, 0.3) is 0 Å². The second-order valence-electron chi connectivity index (χ2n) is 3.98. The van der Waals surface area contributed by atoms with Crippen molar-refractivity contribution in [3.63, 3.8) is 0 Å². The van der Waals surface area contributed by atoms with Gasteiger partial charge in [-0.3, -0.25) is 0 Å². The number of methoxy groups -OCH3 is 1. The Bertz CT molecular complexity index is 144. The Kier molecular flexibility index (Phi) is 7.09. The first-order valence-electron chi connectivity index (χ1n) is 5.11. The van der Waals surface area contributed by atoms with Crippen molar-refractivity contribution in [1.82, 2.24) is 10.2 Å². The first kappa shape index (κ1) is 13.8. The number of likely N-dealkylation sites (N-methyl/N-ethyl adjacent to an activating group) is 2. The van der Waals surface area contributed by atoms with Crippen LogP contribution in [0.2, 0.25) is 0 Å². The van der Waals surface area contributed by atoms with Crippen molar-refractivity contribution in [1.29, 1.82) is 0 Å². The molecule has 0 aromatic heterocycles. The van der Waals surface area contributed by atoms with Crippen LogP contribution in [0, 0.1) is 0 Å². The number of aliphatic hydroxyl groups is 1. The van der Waals surface area contributed by atoms with Gasteiger partial charge in [-0.1, -0.05) is 6.92 Å². The summed E-state index contributed by atoms with van der Waals surface area (Å²) in [5.41, 5.74) is -0.211. The van der Waals surface area contributed by atoms with E-state index in [0.29, 0.717) is 0 Å². The molecule has 14 heavy (non-hydrogen) atoms. The number of hydrogen-bond donors (Lipinski definition) is 2. The minimum atomic E-state index is -0.211. The van der Waals surface area contributed by atoms with Gasteiger partial charge < -0.3 is 20.1 Å². The molecule has 0 aromatic carbocycles. The smallest absolute Gasteiger partial charge is 0.0623 e. The second kappa shape index (κ2) is 7.17. The van der Waals surface area contributed by atoms with E-state index in [1.807, 2.05) is 20.9 Å². The first-order valence-corrected chi connectivity index (χ1v) is 5.11. The molecule has 0 bridgehead atoms. The molecule has 2 N–H and O–H groups in total. The highest BCUT2D eigenvalue weighted by Crippen LogP contribution is 2.04. The molecule has 86 valence electrons. The van der Waals surface area contributed by atoms with E-state index >= 15 is 0 Å². The van der Waals surface area contributed by atoms with Crippen molar-refractivity contribution < 1.29 is 9.84 Å². The van der Waals surface area contributed by atoms with Gasteiger partial charge in [-0.05, 0) is 20.5 Å². The lowest BCUT2D eigenvalue weighted by molar-refractivity contribution is 0.110. The summed E-state index contributed by atoms with van der Waals surface area (Å²) in [7, 11) is 3.73. The van der Waals surface area contributed by atoms with Crippen molar-refractivity contribution >= 4 is 0 Å². The molecule has 0 rings (SSSR count). The fourth-order valence-corrected chi connectivity index (χ4v) is 1.51. The highest BCUT2D eigenvalue weighted by molar-refractivity contribution is 4.84. The molecule has 0 amide bonds. The van der Waals surface area contributed by atoms with Gasteiger partial charge in [0.2, 0.25) is 0 Å². The van der Waals surface area contributed by atoms with Crippen LogP contribution >= 0.6 is 0 Å². The molecule has 0 heterocycles. The van der Waals surface area contributed by atoms with E-state index in [2.05, 4.69) is 10.2 Å². The molecular weight excluding hydrogens is 180 g/mol. The lowest BCUT2D eigenvalue weighted by atomic mass is 10.0. The summed E-state index contributed by atoms with van der Waals surface area (Å²) in [6.07, 6.45) is 0. The highest BCUT2D eigenvalue weighted by Gasteiger charge is 2.23. The number of hydrogen-bond acceptors (Lipinski definition) is 4. The van der Waals surface area contributed by atoms with Crippen molar-refractivity contribution in [3.8, 4) is 0 Å². The van der Waals surface area contributed by atoms with E-state index in [-0.39, 0.29) is 12.1 Å². The number of ether oxygens (including phenoxy) is 1. The Hall–Kier alpha value is -0.160. The Labute approximate surface area is 87.2 Å². The molecule has 0 aliphatic heterocycles. The van der Waals surface area contributed by atoms with E-state index < -0.39 is 0 Å². The minimum absolute atomic E-state index is 0.151. The fraction of sp³-hybridized carbons (Fsp3) is 1.00. The standard InChI is InChI=1S/C10H24N2O2/c1-5-11-10(2,9-13)8-12(3)6-7-14-4/h11,13H,5-9H2,1-4H3. The van der Waals surface area contributed by atoms with Gasteiger partial charge in [0.15, 0.2) is 0 Å². The zero-order valence-corrected chi connectivity index (χ0v) is 9.84. The summed E-state index contributed by atoms with van der Waals surface area (Å²) >= 11 is 0. The average molecular weight is 204 g/mol. The Morgan fingerprint density at radius 2 is 2.14 bits per heavy atom. The van der Waals surface area contributed by atoms with Gasteiger partial charge in [-0.15, -0.1) is 0 Å². The zero-order chi connectivity index (χ0) is 11.0. The first-order chi connectivity index (χ1) is 6.58. The maximum atomic E-state index is 9.27. The molecule has 4 heteroatoms. The van der Waals surface area contributed by atoms with Crippen molar-refractivity contribution in [3.05, 3.63) is 0 Å². The molecular formula is C10H24N2O2. The number of nitrogens with zero attached hydrogens (tertiary/aromatic N) is 1. The molecule has 1 unspecified atom stereocenters. The highest BCUT2D eigenvalue weighted by atomic mass is 16.5. The van der Waals surface area contributed by atoms with E-state index in [9.17, 15) is 5.11 Å². The van der Waals surface area contributed by atoms with Crippen LogP contribution < -0.4 is 5.32 Å². The van der Waals surface area contributed by atoms with E-state index in [1.165, 1.54) is 0 Å². The van der Waals surface area contributed by atoms with Gasteiger partial charge >= 0.3 is 0 Å². The van der Waals surface area contributed by atoms with Gasteiger partial charge in [0, 0.05) is 20.2 Å². The third-order valence-electron chi connectivity index (χ3n) is 2.25. The van der Waals surface area contributed by atoms with Crippen LogP contribution in [0.3, 0.4) is 0 Å². The summed E-state index contributed by atoms with van der Waals surface area (Å²) < 4.78 is 5.00. The summed E-state index contributed by atoms with van der Waals surface area (Å²) in [6, 6.07) is 0. The van der Waals surface area contributed by atoms with Crippen LogP contribution in [0.1, 0.15) is 13.8 Å². The Morgan fingerprint density at radius 1 is 1.50 bits per heavy atom. The molecule has 0 saturated carbocycles. The molecule has 0 radical (unpaired) electrons. The van der Waals surface area contributed by atoms with Crippen molar-refractivity contribution in [2.45, 2.75) is 19.4 Å². The number of nitrogens with one attached hydrogen (secondary N) is 1. The van der Waals surface area contributed by atoms with Gasteiger partial charge in [-0.2, -0.15) is 0 Å². The van der Waals surface area contributed by atoms with Crippen LogP contribution in [0.5, 0.6) is 0 Å². The van der Waals surface area contributed by atoms with E-state index in [0.717, 1.165) is 26.2 Å². The summed E-state index contributed by atoms with van der Waals surface area (Å²) in [5.74, 6) is 0. The second-order valence-corrected chi connectivity index (χ2v) is 3.98. The van der Waals surface area contributed by atoms with Crippen LogP contribution in [0.4, 0.5) is 0 Å². The summed E-state index contributed by atoms with van der Waals surface area (Å²) in [6.45, 7) is 7.53. The molecule has 4 nitrogen and oxygen atoms in total. The van der Waals surface area contributed by atoms with E-state index in [4.69, 9.17) is 4.74 Å². The molecule has 0 aliphatic rings. The zero-order valence-electron chi connectivity index (χ0n) is 9.84. The van der Waals surface area contributed by atoms with Crippen LogP contribution in [0.25, 0.3) is 0 Å². The molecule has 0 fully saturated rings. The van der Waals surface area contributed by atoms with Gasteiger partial charge in [0.05, 0.1) is 18.8 Å². The topological polar surface area (TPSA) is 44.7 Å². The van der Waals surface area contributed by atoms with Crippen molar-refractivity contribution in [2.24, 2.45) is 0 Å². The predicted octanol–water partition coefficient (Wildman–Crippen LogP) is -0.0749. The molecule has 0 saturated heterocycles.